The number of hydrazine groups is 1. The molecule has 0 saturated heterocycles. The van der Waals surface area contributed by atoms with Gasteiger partial charge >= 0.3 is 0 Å². The molecule has 0 aliphatic heterocycles. The average Bonchev–Trinajstić information content (AvgIpc) is 2.86. The number of nitrogens with zero attached hydrogens (tertiary/aromatic N) is 2. The average molecular weight is 341 g/mol. The standard InChI is InChI=1S/C13H17BrN4O2/c1-18-6-9(16-7-18)12(17-15)8-4-5-10(19-2)11(14)13(8)20-3/h4-7,12,17H,15H2,1-3H3. The topological polar surface area (TPSA) is 74.3 Å². The summed E-state index contributed by atoms with van der Waals surface area (Å²) in [6, 6.07) is 3.49. The Morgan fingerprint density at radius 3 is 2.60 bits per heavy atom. The molecule has 6 nitrogen and oxygen atoms in total. The highest BCUT2D eigenvalue weighted by Crippen LogP contribution is 2.40. The van der Waals surface area contributed by atoms with Crippen LogP contribution in [0.4, 0.5) is 0 Å². The molecule has 7 heteroatoms. The second-order valence-electron chi connectivity index (χ2n) is 4.27. The zero-order valence-corrected chi connectivity index (χ0v) is 13.1. The van der Waals surface area contributed by atoms with Crippen LogP contribution in [0.15, 0.2) is 29.1 Å². The van der Waals surface area contributed by atoms with Gasteiger partial charge in [0.05, 0.1) is 32.3 Å². The van der Waals surface area contributed by atoms with E-state index in [1.807, 2.05) is 29.9 Å². The van der Waals surface area contributed by atoms with E-state index in [0.29, 0.717) is 11.5 Å². The highest BCUT2D eigenvalue weighted by Gasteiger charge is 2.22. The summed E-state index contributed by atoms with van der Waals surface area (Å²) in [7, 11) is 5.12. The predicted molar refractivity (Wildman–Crippen MR) is 79.6 cm³/mol. The highest BCUT2D eigenvalue weighted by molar-refractivity contribution is 9.10. The fraction of sp³-hybridized carbons (Fsp3) is 0.308. The predicted octanol–water partition coefficient (Wildman–Crippen LogP) is 1.75. The van der Waals surface area contributed by atoms with Gasteiger partial charge in [-0.25, -0.2) is 10.4 Å². The van der Waals surface area contributed by atoms with Gasteiger partial charge in [0.15, 0.2) is 0 Å². The molecule has 0 bridgehead atoms. The van der Waals surface area contributed by atoms with Gasteiger partial charge in [-0.15, -0.1) is 0 Å². The van der Waals surface area contributed by atoms with Crippen molar-refractivity contribution >= 4 is 15.9 Å². The summed E-state index contributed by atoms with van der Waals surface area (Å²) in [6.45, 7) is 0. The lowest BCUT2D eigenvalue weighted by atomic mass is 10.0. The minimum atomic E-state index is -0.270. The first-order valence-electron chi connectivity index (χ1n) is 5.96. The van der Waals surface area contributed by atoms with Gasteiger partial charge in [-0.2, -0.15) is 0 Å². The molecule has 2 aromatic rings. The maximum atomic E-state index is 5.69. The first-order valence-corrected chi connectivity index (χ1v) is 6.76. The maximum Gasteiger partial charge on any atom is 0.142 e. The van der Waals surface area contributed by atoms with Gasteiger partial charge in [0.25, 0.3) is 0 Å². The maximum absolute atomic E-state index is 5.69. The van der Waals surface area contributed by atoms with Crippen LogP contribution in [0.2, 0.25) is 0 Å². The zero-order valence-electron chi connectivity index (χ0n) is 11.6. The zero-order chi connectivity index (χ0) is 14.7. The lowest BCUT2D eigenvalue weighted by Gasteiger charge is -2.19. The molecule has 0 amide bonds. The van der Waals surface area contributed by atoms with Gasteiger partial charge in [-0.3, -0.25) is 5.84 Å². The molecule has 1 aromatic heterocycles. The fourth-order valence-electron chi connectivity index (χ4n) is 2.06. The summed E-state index contributed by atoms with van der Waals surface area (Å²) in [4.78, 5) is 4.33. The van der Waals surface area contributed by atoms with Crippen molar-refractivity contribution < 1.29 is 9.47 Å². The van der Waals surface area contributed by atoms with Crippen molar-refractivity contribution in [1.82, 2.24) is 15.0 Å². The van der Waals surface area contributed by atoms with Gasteiger partial charge < -0.3 is 14.0 Å². The van der Waals surface area contributed by atoms with Crippen LogP contribution >= 0.6 is 15.9 Å². The van der Waals surface area contributed by atoms with E-state index in [0.717, 1.165) is 15.7 Å². The Morgan fingerprint density at radius 2 is 2.10 bits per heavy atom. The monoisotopic (exact) mass is 340 g/mol. The molecule has 2 rings (SSSR count). The third kappa shape index (κ3) is 2.65. The number of hydrogen-bond donors (Lipinski definition) is 2. The highest BCUT2D eigenvalue weighted by atomic mass is 79.9. The van der Waals surface area contributed by atoms with Crippen LogP contribution in [-0.2, 0) is 7.05 Å². The first-order chi connectivity index (χ1) is 9.62. The van der Waals surface area contributed by atoms with E-state index in [-0.39, 0.29) is 6.04 Å². The van der Waals surface area contributed by atoms with Crippen LogP contribution in [0.3, 0.4) is 0 Å². The number of methoxy groups -OCH3 is 2. The molecular formula is C13H17BrN4O2. The van der Waals surface area contributed by atoms with Crippen molar-refractivity contribution in [1.29, 1.82) is 0 Å². The molecule has 0 fully saturated rings. The Bertz CT molecular complexity index is 600. The van der Waals surface area contributed by atoms with Crippen LogP contribution in [0.5, 0.6) is 11.5 Å². The molecule has 1 atom stereocenters. The number of rotatable bonds is 5. The van der Waals surface area contributed by atoms with Crippen molar-refractivity contribution in [2.45, 2.75) is 6.04 Å². The second kappa shape index (κ2) is 6.25. The Hall–Kier alpha value is -1.57. The number of ether oxygens (including phenoxy) is 2. The molecular weight excluding hydrogens is 324 g/mol. The minimum absolute atomic E-state index is 0.270. The molecule has 108 valence electrons. The molecule has 1 heterocycles. The number of aromatic nitrogens is 2. The van der Waals surface area contributed by atoms with Crippen molar-refractivity contribution in [2.24, 2.45) is 12.9 Å². The minimum Gasteiger partial charge on any atom is -0.495 e. The number of nitrogens with one attached hydrogen (secondary N) is 1. The molecule has 0 spiro atoms. The SMILES string of the molecule is COc1ccc(C(NN)c2cn(C)cn2)c(OC)c1Br. The van der Waals surface area contributed by atoms with Crippen LogP contribution in [0.25, 0.3) is 0 Å². The van der Waals surface area contributed by atoms with E-state index in [4.69, 9.17) is 15.3 Å². The first kappa shape index (κ1) is 14.8. The smallest absolute Gasteiger partial charge is 0.142 e. The van der Waals surface area contributed by atoms with Crippen molar-refractivity contribution in [3.8, 4) is 11.5 Å². The van der Waals surface area contributed by atoms with E-state index >= 15 is 0 Å². The van der Waals surface area contributed by atoms with Crippen LogP contribution in [-0.4, -0.2) is 23.8 Å². The number of imidazole rings is 1. The third-order valence-corrected chi connectivity index (χ3v) is 3.77. The molecule has 20 heavy (non-hydrogen) atoms. The van der Waals surface area contributed by atoms with Crippen LogP contribution < -0.4 is 20.7 Å². The van der Waals surface area contributed by atoms with E-state index < -0.39 is 0 Å². The lowest BCUT2D eigenvalue weighted by molar-refractivity contribution is 0.382. The molecule has 0 radical (unpaired) electrons. The largest absolute Gasteiger partial charge is 0.495 e. The van der Waals surface area contributed by atoms with E-state index in [2.05, 4.69) is 26.3 Å². The van der Waals surface area contributed by atoms with Crippen molar-refractivity contribution in [2.75, 3.05) is 14.2 Å². The summed E-state index contributed by atoms with van der Waals surface area (Å²) in [6.07, 6.45) is 3.63. The number of benzene rings is 1. The summed E-state index contributed by atoms with van der Waals surface area (Å²) < 4.78 is 13.4. The quantitative estimate of drug-likeness (QED) is 0.640. The molecule has 1 unspecified atom stereocenters. The summed E-state index contributed by atoms with van der Waals surface area (Å²) in [5, 5.41) is 0. The number of aryl methyl sites for hydroxylation is 1. The number of halogens is 1. The molecule has 0 saturated carbocycles. The number of nitrogens with two attached hydrogens (primary N) is 1. The van der Waals surface area contributed by atoms with Gasteiger partial charge in [-0.05, 0) is 28.1 Å². The molecule has 0 aliphatic carbocycles. The second-order valence-corrected chi connectivity index (χ2v) is 5.06. The van der Waals surface area contributed by atoms with Crippen LogP contribution in [0, 0.1) is 0 Å². The van der Waals surface area contributed by atoms with Crippen molar-refractivity contribution in [3.05, 3.63) is 40.4 Å². The Kier molecular flexibility index (Phi) is 4.64. The third-order valence-electron chi connectivity index (χ3n) is 3.01. The van der Waals surface area contributed by atoms with Crippen LogP contribution in [0.1, 0.15) is 17.3 Å². The van der Waals surface area contributed by atoms with Gasteiger partial charge in [0.2, 0.25) is 0 Å². The Labute approximate surface area is 126 Å². The Balaban J connectivity index is 2.52. The number of hydrogen-bond acceptors (Lipinski definition) is 5. The van der Waals surface area contributed by atoms with E-state index in [1.54, 1.807) is 20.5 Å². The fourth-order valence-corrected chi connectivity index (χ4v) is 2.75. The molecule has 1 aromatic carbocycles. The van der Waals surface area contributed by atoms with E-state index in [1.165, 1.54) is 0 Å². The summed E-state index contributed by atoms with van der Waals surface area (Å²) in [5.74, 6) is 7.05. The van der Waals surface area contributed by atoms with Crippen molar-refractivity contribution in [3.63, 3.8) is 0 Å². The van der Waals surface area contributed by atoms with E-state index in [9.17, 15) is 0 Å². The van der Waals surface area contributed by atoms with Gasteiger partial charge in [0, 0.05) is 18.8 Å². The van der Waals surface area contributed by atoms with Gasteiger partial charge in [-0.1, -0.05) is 0 Å². The lowest BCUT2D eigenvalue weighted by Crippen LogP contribution is -2.29. The van der Waals surface area contributed by atoms with Gasteiger partial charge in [0.1, 0.15) is 16.0 Å². The summed E-state index contributed by atoms with van der Waals surface area (Å²) in [5.41, 5.74) is 4.46. The molecule has 3 N–H and O–H groups in total. The normalized spacial score (nSPS) is 12.2. The Morgan fingerprint density at radius 1 is 1.35 bits per heavy atom. The summed E-state index contributed by atoms with van der Waals surface area (Å²) >= 11 is 3.48. The molecule has 0 aliphatic rings.